The Hall–Kier alpha value is -1.63. The molecule has 1 heterocycles. The predicted molar refractivity (Wildman–Crippen MR) is 90.2 cm³/mol. The van der Waals surface area contributed by atoms with E-state index in [1.807, 2.05) is 38.1 Å². The first-order valence-corrected chi connectivity index (χ1v) is 7.46. The lowest BCUT2D eigenvalue weighted by atomic mass is 10.2. The lowest BCUT2D eigenvalue weighted by molar-refractivity contribution is 0.102. The van der Waals surface area contributed by atoms with E-state index in [1.54, 1.807) is 12.1 Å². The Bertz CT molecular complexity index is 611. The number of nitrogens with zero attached hydrogens (tertiary/aromatic N) is 1. The van der Waals surface area contributed by atoms with Crippen molar-refractivity contribution in [3.63, 3.8) is 0 Å². The third-order valence-electron chi connectivity index (χ3n) is 2.68. The van der Waals surface area contributed by atoms with Crippen LogP contribution in [0.5, 0.6) is 0 Å². The maximum Gasteiger partial charge on any atom is 0.255 e. The van der Waals surface area contributed by atoms with Crippen LogP contribution in [0.2, 0.25) is 0 Å². The summed E-state index contributed by atoms with van der Waals surface area (Å²) in [7, 11) is 0. The van der Waals surface area contributed by atoms with Gasteiger partial charge in [0.15, 0.2) is 0 Å². The number of carbonyl (C=O) groups excluding carboxylic acids is 1. The number of benzene rings is 1. The number of rotatable bonds is 4. The molecule has 0 saturated heterocycles. The molecular formula is C15H16IN3O. The quantitative estimate of drug-likeness (QED) is 0.795. The molecule has 0 aliphatic heterocycles. The summed E-state index contributed by atoms with van der Waals surface area (Å²) in [5, 5.41) is 6.01. The maximum atomic E-state index is 12.2. The molecule has 0 atom stereocenters. The summed E-state index contributed by atoms with van der Waals surface area (Å²) in [6.07, 6.45) is 0. The molecule has 1 amide bonds. The van der Waals surface area contributed by atoms with Crippen LogP contribution in [0, 0.1) is 10.5 Å². The molecule has 0 aliphatic rings. The zero-order chi connectivity index (χ0) is 14.5. The van der Waals surface area contributed by atoms with E-state index in [1.165, 1.54) is 0 Å². The van der Waals surface area contributed by atoms with E-state index in [4.69, 9.17) is 0 Å². The van der Waals surface area contributed by atoms with Crippen molar-refractivity contribution in [3.05, 3.63) is 51.2 Å². The van der Waals surface area contributed by atoms with Crippen LogP contribution in [0.25, 0.3) is 0 Å². The zero-order valence-corrected chi connectivity index (χ0v) is 13.6. The monoisotopic (exact) mass is 381 g/mol. The first-order valence-electron chi connectivity index (χ1n) is 6.38. The second kappa shape index (κ2) is 6.69. The van der Waals surface area contributed by atoms with E-state index in [0.29, 0.717) is 5.56 Å². The SMILES string of the molecule is CCNc1cc(C(=O)Nc2ccc(I)cc2)cc(C)n1. The molecule has 5 heteroatoms. The second-order valence-electron chi connectivity index (χ2n) is 4.37. The number of hydrogen-bond donors (Lipinski definition) is 2. The molecule has 1 aromatic carbocycles. The number of hydrogen-bond acceptors (Lipinski definition) is 3. The van der Waals surface area contributed by atoms with Crippen LogP contribution in [-0.4, -0.2) is 17.4 Å². The molecule has 2 N–H and O–H groups in total. The van der Waals surface area contributed by atoms with E-state index in [9.17, 15) is 4.79 Å². The van der Waals surface area contributed by atoms with E-state index < -0.39 is 0 Å². The molecule has 0 spiro atoms. The number of aromatic nitrogens is 1. The smallest absolute Gasteiger partial charge is 0.255 e. The van der Waals surface area contributed by atoms with Gasteiger partial charge in [-0.2, -0.15) is 0 Å². The fourth-order valence-electron chi connectivity index (χ4n) is 1.81. The Balaban J connectivity index is 2.18. The molecule has 2 aromatic rings. The summed E-state index contributed by atoms with van der Waals surface area (Å²) in [6, 6.07) is 11.2. The van der Waals surface area contributed by atoms with Crippen molar-refractivity contribution in [1.82, 2.24) is 4.98 Å². The second-order valence-corrected chi connectivity index (χ2v) is 5.62. The van der Waals surface area contributed by atoms with Crippen molar-refractivity contribution < 1.29 is 4.79 Å². The highest BCUT2D eigenvalue weighted by Gasteiger charge is 2.09. The fraction of sp³-hybridized carbons (Fsp3) is 0.200. The van der Waals surface area contributed by atoms with Crippen molar-refractivity contribution in [2.75, 3.05) is 17.2 Å². The van der Waals surface area contributed by atoms with Gasteiger partial charge in [0.1, 0.15) is 5.82 Å². The Morgan fingerprint density at radius 1 is 1.25 bits per heavy atom. The third-order valence-corrected chi connectivity index (χ3v) is 3.39. The molecular weight excluding hydrogens is 365 g/mol. The summed E-state index contributed by atoms with van der Waals surface area (Å²) >= 11 is 2.23. The highest BCUT2D eigenvalue weighted by atomic mass is 127. The molecule has 2 rings (SSSR count). The minimum atomic E-state index is -0.129. The first kappa shape index (κ1) is 14.8. The number of amides is 1. The molecule has 20 heavy (non-hydrogen) atoms. The Morgan fingerprint density at radius 3 is 2.60 bits per heavy atom. The number of halogens is 1. The molecule has 0 unspecified atom stereocenters. The van der Waals surface area contributed by atoms with Crippen LogP contribution in [0.4, 0.5) is 11.5 Å². The van der Waals surface area contributed by atoms with Gasteiger partial charge in [-0.25, -0.2) is 4.98 Å². The number of aryl methyl sites for hydroxylation is 1. The fourth-order valence-corrected chi connectivity index (χ4v) is 2.17. The highest BCUT2D eigenvalue weighted by molar-refractivity contribution is 14.1. The lowest BCUT2D eigenvalue weighted by Gasteiger charge is -2.09. The minimum Gasteiger partial charge on any atom is -0.370 e. The molecule has 0 radical (unpaired) electrons. The van der Waals surface area contributed by atoms with Crippen LogP contribution in [0.1, 0.15) is 23.0 Å². The molecule has 0 aliphatic carbocycles. The van der Waals surface area contributed by atoms with Gasteiger partial charge in [-0.15, -0.1) is 0 Å². The molecule has 0 saturated carbocycles. The Morgan fingerprint density at radius 2 is 1.95 bits per heavy atom. The van der Waals surface area contributed by atoms with Crippen molar-refractivity contribution in [2.24, 2.45) is 0 Å². The van der Waals surface area contributed by atoms with Gasteiger partial charge in [-0.1, -0.05) is 0 Å². The molecule has 104 valence electrons. The van der Waals surface area contributed by atoms with E-state index in [-0.39, 0.29) is 5.91 Å². The van der Waals surface area contributed by atoms with E-state index in [2.05, 4.69) is 38.2 Å². The molecule has 0 fully saturated rings. The maximum absolute atomic E-state index is 12.2. The number of anilines is 2. The first-order chi connectivity index (χ1) is 9.58. The average Bonchev–Trinajstić information content (AvgIpc) is 2.41. The molecule has 0 bridgehead atoms. The van der Waals surface area contributed by atoms with Crippen LogP contribution in [-0.2, 0) is 0 Å². The minimum absolute atomic E-state index is 0.129. The van der Waals surface area contributed by atoms with Gasteiger partial charge >= 0.3 is 0 Å². The van der Waals surface area contributed by atoms with Gasteiger partial charge in [0.2, 0.25) is 0 Å². The topological polar surface area (TPSA) is 54.0 Å². The number of carbonyl (C=O) groups is 1. The zero-order valence-electron chi connectivity index (χ0n) is 11.4. The van der Waals surface area contributed by atoms with E-state index >= 15 is 0 Å². The van der Waals surface area contributed by atoms with E-state index in [0.717, 1.165) is 27.3 Å². The van der Waals surface area contributed by atoms with Gasteiger partial charge in [0.25, 0.3) is 5.91 Å². The molecule has 4 nitrogen and oxygen atoms in total. The van der Waals surface area contributed by atoms with Crippen molar-refractivity contribution in [3.8, 4) is 0 Å². The summed E-state index contributed by atoms with van der Waals surface area (Å²) in [6.45, 7) is 4.65. The van der Waals surface area contributed by atoms with Crippen LogP contribution in [0.15, 0.2) is 36.4 Å². The van der Waals surface area contributed by atoms with Gasteiger partial charge in [-0.05, 0) is 72.8 Å². The van der Waals surface area contributed by atoms with Gasteiger partial charge in [0, 0.05) is 27.1 Å². The number of pyridine rings is 1. The standard InChI is InChI=1S/C15H16IN3O/c1-3-17-14-9-11(8-10(2)18-14)15(20)19-13-6-4-12(16)5-7-13/h4-9H,3H2,1-2H3,(H,17,18)(H,19,20). The molecule has 1 aromatic heterocycles. The van der Waals surface area contributed by atoms with Crippen molar-refractivity contribution in [1.29, 1.82) is 0 Å². The Labute approximate surface area is 132 Å². The van der Waals surface area contributed by atoms with Crippen LogP contribution in [0.3, 0.4) is 0 Å². The van der Waals surface area contributed by atoms with Crippen molar-refractivity contribution in [2.45, 2.75) is 13.8 Å². The predicted octanol–water partition coefficient (Wildman–Crippen LogP) is 3.68. The summed E-state index contributed by atoms with van der Waals surface area (Å²) < 4.78 is 1.13. The van der Waals surface area contributed by atoms with Crippen molar-refractivity contribution >= 4 is 40.0 Å². The van der Waals surface area contributed by atoms with Crippen LogP contribution >= 0.6 is 22.6 Å². The van der Waals surface area contributed by atoms with Crippen LogP contribution < -0.4 is 10.6 Å². The van der Waals surface area contributed by atoms with Gasteiger partial charge in [-0.3, -0.25) is 4.79 Å². The third kappa shape index (κ3) is 3.93. The Kier molecular flexibility index (Phi) is 4.94. The normalized spacial score (nSPS) is 10.2. The lowest BCUT2D eigenvalue weighted by Crippen LogP contribution is -2.13. The largest absolute Gasteiger partial charge is 0.370 e. The highest BCUT2D eigenvalue weighted by Crippen LogP contribution is 2.15. The van der Waals surface area contributed by atoms with Gasteiger partial charge < -0.3 is 10.6 Å². The average molecular weight is 381 g/mol. The summed E-state index contributed by atoms with van der Waals surface area (Å²) in [4.78, 5) is 16.6. The summed E-state index contributed by atoms with van der Waals surface area (Å²) in [5.74, 6) is 0.594. The number of nitrogens with one attached hydrogen (secondary N) is 2. The van der Waals surface area contributed by atoms with Gasteiger partial charge in [0.05, 0.1) is 0 Å². The summed E-state index contributed by atoms with van der Waals surface area (Å²) in [5.41, 5.74) is 2.21.